The Bertz CT molecular complexity index is 216. The summed E-state index contributed by atoms with van der Waals surface area (Å²) < 4.78 is 0. The summed E-state index contributed by atoms with van der Waals surface area (Å²) in [5.41, 5.74) is 5.61. The largest absolute Gasteiger partial charge is 0.355 e. The first-order chi connectivity index (χ1) is 7.84. The number of hydrogen-bond donors (Lipinski definition) is 2. The summed E-state index contributed by atoms with van der Waals surface area (Å²) in [6, 6.07) is 1.12. The molecule has 0 aromatic heterocycles. The van der Waals surface area contributed by atoms with Crippen molar-refractivity contribution in [3.05, 3.63) is 0 Å². The summed E-state index contributed by atoms with van der Waals surface area (Å²) in [6.45, 7) is 12.3. The van der Waals surface area contributed by atoms with E-state index in [0.717, 1.165) is 13.0 Å². The summed E-state index contributed by atoms with van der Waals surface area (Å²) in [7, 11) is 0. The summed E-state index contributed by atoms with van der Waals surface area (Å²) in [6.07, 6.45) is 1.28. The molecule has 0 fully saturated rings. The van der Waals surface area contributed by atoms with Crippen molar-refractivity contribution in [2.45, 2.75) is 65.6 Å². The van der Waals surface area contributed by atoms with Crippen LogP contribution in [0, 0.1) is 0 Å². The Hall–Kier alpha value is -0.0300. The summed E-state index contributed by atoms with van der Waals surface area (Å²) in [5, 5.41) is 2.94. The fourth-order valence-electron chi connectivity index (χ4n) is 1.88. The minimum absolute atomic E-state index is 0. The number of nitrogens with zero attached hydrogens (tertiary/aromatic N) is 1. The van der Waals surface area contributed by atoms with Gasteiger partial charge in [0.05, 0.1) is 0 Å². The van der Waals surface area contributed by atoms with Crippen molar-refractivity contribution in [3.63, 3.8) is 0 Å². The first-order valence-corrected chi connectivity index (χ1v) is 6.62. The van der Waals surface area contributed by atoms with E-state index in [4.69, 9.17) is 5.73 Å². The molecule has 0 aliphatic rings. The Morgan fingerprint density at radius 3 is 1.95 bits per heavy atom. The number of amides is 1. The quantitative estimate of drug-likeness (QED) is 0.722. The van der Waals surface area contributed by atoms with Gasteiger partial charge in [-0.25, -0.2) is 0 Å². The van der Waals surface area contributed by atoms with E-state index in [-0.39, 0.29) is 36.8 Å². The molecule has 0 spiro atoms. The van der Waals surface area contributed by atoms with Gasteiger partial charge in [0.2, 0.25) is 5.91 Å². The van der Waals surface area contributed by atoms with Crippen molar-refractivity contribution in [1.82, 2.24) is 10.2 Å². The number of rotatable bonds is 8. The predicted octanol–water partition coefficient (Wildman–Crippen LogP) is 2.19. The number of hydrogen-bond acceptors (Lipinski definition) is 3. The van der Waals surface area contributed by atoms with Crippen LogP contribution in [0.25, 0.3) is 0 Å². The van der Waals surface area contributed by atoms with Crippen LogP contribution in [0.15, 0.2) is 0 Å². The maximum absolute atomic E-state index is 11.5. The summed E-state index contributed by atoms with van der Waals surface area (Å²) in [4.78, 5) is 13.9. The van der Waals surface area contributed by atoms with Gasteiger partial charge in [-0.15, -0.1) is 24.8 Å². The second kappa shape index (κ2) is 13.0. The van der Waals surface area contributed by atoms with Crippen molar-refractivity contribution in [2.75, 3.05) is 13.1 Å². The van der Waals surface area contributed by atoms with Crippen LogP contribution >= 0.6 is 24.8 Å². The zero-order valence-electron chi connectivity index (χ0n) is 12.8. The van der Waals surface area contributed by atoms with E-state index in [1.54, 1.807) is 0 Å². The van der Waals surface area contributed by atoms with E-state index in [0.29, 0.717) is 25.0 Å². The molecule has 118 valence electrons. The van der Waals surface area contributed by atoms with E-state index < -0.39 is 0 Å². The highest BCUT2D eigenvalue weighted by Gasteiger charge is 2.12. The van der Waals surface area contributed by atoms with Gasteiger partial charge in [-0.1, -0.05) is 0 Å². The summed E-state index contributed by atoms with van der Waals surface area (Å²) >= 11 is 0. The molecule has 4 nitrogen and oxygen atoms in total. The Balaban J connectivity index is -0.00000128. The average molecular weight is 316 g/mol. The van der Waals surface area contributed by atoms with Crippen molar-refractivity contribution in [2.24, 2.45) is 5.73 Å². The maximum atomic E-state index is 11.5. The zero-order chi connectivity index (χ0) is 13.4. The van der Waals surface area contributed by atoms with E-state index in [9.17, 15) is 4.79 Å². The average Bonchev–Trinajstić information content (AvgIpc) is 2.20. The number of nitrogens with two attached hydrogens (primary N) is 1. The van der Waals surface area contributed by atoms with E-state index in [2.05, 4.69) is 37.9 Å². The molecule has 1 atom stereocenters. The molecule has 0 rings (SSSR count). The molecule has 0 radical (unpaired) electrons. The van der Waals surface area contributed by atoms with E-state index in [1.165, 1.54) is 0 Å². The minimum Gasteiger partial charge on any atom is -0.355 e. The first kappa shape index (κ1) is 24.0. The topological polar surface area (TPSA) is 58.4 Å². The van der Waals surface area contributed by atoms with Crippen LogP contribution in [-0.2, 0) is 4.79 Å². The normalized spacial score (nSPS) is 12.1. The lowest BCUT2D eigenvalue weighted by Crippen LogP contribution is -2.42. The molecule has 1 unspecified atom stereocenters. The van der Waals surface area contributed by atoms with Crippen molar-refractivity contribution < 1.29 is 4.79 Å². The van der Waals surface area contributed by atoms with Crippen LogP contribution in [0.5, 0.6) is 0 Å². The maximum Gasteiger partial charge on any atom is 0.220 e. The number of carbonyl (C=O) groups is 1. The van der Waals surface area contributed by atoms with Gasteiger partial charge in [0, 0.05) is 37.6 Å². The lowest BCUT2D eigenvalue weighted by molar-refractivity contribution is -0.121. The van der Waals surface area contributed by atoms with Crippen molar-refractivity contribution in [3.8, 4) is 0 Å². The van der Waals surface area contributed by atoms with Crippen molar-refractivity contribution in [1.29, 1.82) is 0 Å². The third-order valence-electron chi connectivity index (χ3n) is 2.85. The second-order valence-electron chi connectivity index (χ2n) is 5.29. The lowest BCUT2D eigenvalue weighted by atomic mass is 10.2. The molecule has 1 amide bonds. The molecule has 0 saturated carbocycles. The van der Waals surface area contributed by atoms with Gasteiger partial charge in [0.1, 0.15) is 0 Å². The molecule has 0 bridgehead atoms. The van der Waals surface area contributed by atoms with Crippen LogP contribution < -0.4 is 11.1 Å². The van der Waals surface area contributed by atoms with E-state index >= 15 is 0 Å². The highest BCUT2D eigenvalue weighted by molar-refractivity contribution is 5.85. The SMILES string of the molecule is CC(N)CCC(=O)NCCN(C(C)C)C(C)C.Cl.Cl. The highest BCUT2D eigenvalue weighted by atomic mass is 35.5. The Labute approximate surface area is 130 Å². The lowest BCUT2D eigenvalue weighted by Gasteiger charge is -2.30. The molecule has 0 saturated heterocycles. The highest BCUT2D eigenvalue weighted by Crippen LogP contribution is 2.03. The Morgan fingerprint density at radius 1 is 1.11 bits per heavy atom. The fraction of sp³-hybridized carbons (Fsp3) is 0.923. The smallest absolute Gasteiger partial charge is 0.220 e. The molecule has 19 heavy (non-hydrogen) atoms. The van der Waals surface area contributed by atoms with E-state index in [1.807, 2.05) is 6.92 Å². The molecule has 0 aromatic carbocycles. The minimum atomic E-state index is 0. The molecular weight excluding hydrogens is 285 g/mol. The Morgan fingerprint density at radius 2 is 1.58 bits per heavy atom. The standard InChI is InChI=1S/C13H29N3O.2ClH/c1-10(2)16(11(3)4)9-8-15-13(17)7-6-12(5)14;;/h10-12H,6-9,14H2,1-5H3,(H,15,17);2*1H. The van der Waals surface area contributed by atoms with Gasteiger partial charge in [0.15, 0.2) is 0 Å². The van der Waals surface area contributed by atoms with Gasteiger partial charge >= 0.3 is 0 Å². The van der Waals surface area contributed by atoms with Crippen LogP contribution in [0.4, 0.5) is 0 Å². The molecule has 0 aliphatic heterocycles. The van der Waals surface area contributed by atoms with Gasteiger partial charge in [-0.05, 0) is 41.0 Å². The summed E-state index contributed by atoms with van der Waals surface area (Å²) in [5.74, 6) is 0.106. The monoisotopic (exact) mass is 315 g/mol. The van der Waals surface area contributed by atoms with Gasteiger partial charge in [-0.3, -0.25) is 9.69 Å². The molecule has 0 heterocycles. The van der Waals surface area contributed by atoms with Gasteiger partial charge in [-0.2, -0.15) is 0 Å². The number of halogens is 2. The second-order valence-corrected chi connectivity index (χ2v) is 5.29. The molecular formula is C13H31Cl2N3O. The third kappa shape index (κ3) is 12.7. The molecule has 6 heteroatoms. The third-order valence-corrected chi connectivity index (χ3v) is 2.85. The van der Waals surface area contributed by atoms with Crippen LogP contribution in [0.3, 0.4) is 0 Å². The van der Waals surface area contributed by atoms with Gasteiger partial charge in [0.25, 0.3) is 0 Å². The first-order valence-electron chi connectivity index (χ1n) is 6.62. The number of carbonyl (C=O) groups excluding carboxylic acids is 1. The predicted molar refractivity (Wildman–Crippen MR) is 87.4 cm³/mol. The number of nitrogens with one attached hydrogen (secondary N) is 1. The Kier molecular flexibility index (Phi) is 16.4. The van der Waals surface area contributed by atoms with Crippen LogP contribution in [0.2, 0.25) is 0 Å². The molecule has 0 aliphatic carbocycles. The van der Waals surface area contributed by atoms with Crippen molar-refractivity contribution >= 4 is 30.7 Å². The molecule has 3 N–H and O–H groups in total. The van der Waals surface area contributed by atoms with Gasteiger partial charge < -0.3 is 11.1 Å². The zero-order valence-corrected chi connectivity index (χ0v) is 14.4. The molecule has 0 aromatic rings. The fourth-order valence-corrected chi connectivity index (χ4v) is 1.88. The van der Waals surface area contributed by atoms with Crippen LogP contribution in [-0.4, -0.2) is 42.0 Å². The van der Waals surface area contributed by atoms with Crippen LogP contribution in [0.1, 0.15) is 47.5 Å².